The molecule has 0 N–H and O–H groups in total. The summed E-state index contributed by atoms with van der Waals surface area (Å²) in [6, 6.07) is 0.0294. The van der Waals surface area contributed by atoms with Gasteiger partial charge >= 0.3 is 11.9 Å². The molecular weight excluding hydrogens is 158 g/mol. The summed E-state index contributed by atoms with van der Waals surface area (Å²) in [5, 5.41) is 0. The molecule has 1 aliphatic heterocycles. The molecule has 12 heavy (non-hydrogen) atoms. The zero-order chi connectivity index (χ0) is 9.14. The van der Waals surface area contributed by atoms with Gasteiger partial charge in [-0.1, -0.05) is 6.08 Å². The highest BCUT2D eigenvalue weighted by Gasteiger charge is 2.26. The monoisotopic (exact) mass is 169 g/mol. The lowest BCUT2D eigenvalue weighted by atomic mass is 10.2. The summed E-state index contributed by atoms with van der Waals surface area (Å²) in [7, 11) is 0. The Bertz CT molecular complexity index is 208. The second kappa shape index (κ2) is 3.49. The second-order valence-electron chi connectivity index (χ2n) is 2.73. The summed E-state index contributed by atoms with van der Waals surface area (Å²) in [5.41, 5.74) is 0. The minimum absolute atomic E-state index is 0.0294. The Hall–Kier alpha value is -1.16. The van der Waals surface area contributed by atoms with Crippen LogP contribution in [0.1, 0.15) is 6.92 Å². The lowest BCUT2D eigenvalue weighted by Gasteiger charge is -2.27. The third-order valence-electron chi connectivity index (χ3n) is 1.81. The van der Waals surface area contributed by atoms with Crippen molar-refractivity contribution in [3.63, 3.8) is 0 Å². The number of hydrogen-bond acceptors (Lipinski definition) is 4. The molecule has 1 saturated heterocycles. The zero-order valence-corrected chi connectivity index (χ0v) is 6.95. The van der Waals surface area contributed by atoms with Crippen molar-refractivity contribution < 1.29 is 14.3 Å². The van der Waals surface area contributed by atoms with Gasteiger partial charge in [0.15, 0.2) is 0 Å². The average molecular weight is 169 g/mol. The van der Waals surface area contributed by atoms with E-state index in [2.05, 4.69) is 11.3 Å². The third-order valence-corrected chi connectivity index (χ3v) is 1.81. The van der Waals surface area contributed by atoms with E-state index in [4.69, 9.17) is 0 Å². The van der Waals surface area contributed by atoms with E-state index >= 15 is 0 Å². The Balaban J connectivity index is 2.60. The van der Waals surface area contributed by atoms with E-state index in [9.17, 15) is 9.59 Å². The molecule has 1 atom stereocenters. The summed E-state index contributed by atoms with van der Waals surface area (Å²) < 4.78 is 4.36. The Morgan fingerprint density at radius 3 is 2.42 bits per heavy atom. The summed E-state index contributed by atoms with van der Waals surface area (Å²) in [5.74, 6) is -0.972. The molecule has 1 unspecified atom stereocenters. The van der Waals surface area contributed by atoms with E-state index in [1.54, 1.807) is 11.0 Å². The molecule has 1 aliphatic rings. The van der Waals surface area contributed by atoms with Crippen molar-refractivity contribution in [3.05, 3.63) is 12.7 Å². The van der Waals surface area contributed by atoms with Crippen LogP contribution in [0, 0.1) is 0 Å². The molecule has 1 rings (SSSR count). The fourth-order valence-corrected chi connectivity index (χ4v) is 1.02. The van der Waals surface area contributed by atoms with E-state index in [-0.39, 0.29) is 19.1 Å². The van der Waals surface area contributed by atoms with Crippen LogP contribution in [0.25, 0.3) is 0 Å². The van der Waals surface area contributed by atoms with Crippen LogP contribution >= 0.6 is 0 Å². The fraction of sp³-hybridized carbons (Fsp3) is 0.500. The first-order valence-corrected chi connectivity index (χ1v) is 3.73. The number of carbonyl (C=O) groups is 2. The molecule has 4 heteroatoms. The molecule has 0 saturated carbocycles. The number of morpholine rings is 1. The fourth-order valence-electron chi connectivity index (χ4n) is 1.02. The van der Waals surface area contributed by atoms with Crippen LogP contribution in [0.15, 0.2) is 12.7 Å². The second-order valence-corrected chi connectivity index (χ2v) is 2.73. The first-order valence-electron chi connectivity index (χ1n) is 3.73. The zero-order valence-electron chi connectivity index (χ0n) is 6.95. The Morgan fingerprint density at radius 2 is 2.00 bits per heavy atom. The van der Waals surface area contributed by atoms with Crippen molar-refractivity contribution in [2.24, 2.45) is 0 Å². The largest absolute Gasteiger partial charge is 0.391 e. The maximum atomic E-state index is 10.8. The molecule has 4 nitrogen and oxygen atoms in total. The lowest BCUT2D eigenvalue weighted by Crippen LogP contribution is -2.46. The highest BCUT2D eigenvalue weighted by molar-refractivity contribution is 5.90. The predicted molar refractivity (Wildman–Crippen MR) is 42.3 cm³/mol. The van der Waals surface area contributed by atoms with E-state index in [0.717, 1.165) is 0 Å². The van der Waals surface area contributed by atoms with Crippen LogP contribution in [0.4, 0.5) is 0 Å². The van der Waals surface area contributed by atoms with E-state index in [0.29, 0.717) is 0 Å². The van der Waals surface area contributed by atoms with Crippen molar-refractivity contribution in [2.45, 2.75) is 13.0 Å². The Labute approximate surface area is 70.8 Å². The van der Waals surface area contributed by atoms with Crippen LogP contribution in [-0.4, -0.2) is 36.0 Å². The Morgan fingerprint density at radius 1 is 1.50 bits per heavy atom. The van der Waals surface area contributed by atoms with E-state index < -0.39 is 11.9 Å². The molecule has 0 aromatic heterocycles. The van der Waals surface area contributed by atoms with Gasteiger partial charge in [-0.25, -0.2) is 0 Å². The molecule has 0 aliphatic carbocycles. The van der Waals surface area contributed by atoms with Gasteiger partial charge in [-0.15, -0.1) is 6.58 Å². The maximum absolute atomic E-state index is 10.8. The van der Waals surface area contributed by atoms with Gasteiger partial charge in [-0.05, 0) is 6.92 Å². The molecule has 1 fully saturated rings. The molecule has 0 bridgehead atoms. The number of carbonyl (C=O) groups excluding carboxylic acids is 2. The average Bonchev–Trinajstić information content (AvgIpc) is 2.01. The summed E-state index contributed by atoms with van der Waals surface area (Å²) >= 11 is 0. The van der Waals surface area contributed by atoms with Crippen LogP contribution in [0.5, 0.6) is 0 Å². The van der Waals surface area contributed by atoms with Gasteiger partial charge in [0.25, 0.3) is 0 Å². The topological polar surface area (TPSA) is 46.6 Å². The van der Waals surface area contributed by atoms with E-state index in [1.807, 2.05) is 6.92 Å². The smallest absolute Gasteiger partial charge is 0.327 e. The lowest BCUT2D eigenvalue weighted by molar-refractivity contribution is -0.167. The number of rotatable bonds is 2. The molecule has 0 amide bonds. The molecule has 0 aromatic carbocycles. The highest BCUT2D eigenvalue weighted by atomic mass is 16.6. The molecule has 0 radical (unpaired) electrons. The van der Waals surface area contributed by atoms with Gasteiger partial charge in [0.1, 0.15) is 0 Å². The van der Waals surface area contributed by atoms with Crippen LogP contribution in [0.2, 0.25) is 0 Å². The predicted octanol–water partition coefficient (Wildman–Crippen LogP) is -0.0537. The molecule has 1 heterocycles. The first kappa shape index (κ1) is 8.93. The highest BCUT2D eigenvalue weighted by Crippen LogP contribution is 2.05. The number of nitrogens with zero attached hydrogens (tertiary/aromatic N) is 1. The quantitative estimate of drug-likeness (QED) is 0.330. The normalized spacial score (nSPS) is 21.8. The summed E-state index contributed by atoms with van der Waals surface area (Å²) in [6.45, 7) is 5.79. The summed E-state index contributed by atoms with van der Waals surface area (Å²) in [6.07, 6.45) is 1.69. The standard InChI is InChI=1S/C8H11NO3/c1-3-6(2)9-4-7(10)12-8(11)5-9/h3,6H,1,4-5H2,2H3. The Kier molecular flexibility index (Phi) is 2.60. The van der Waals surface area contributed by atoms with Gasteiger partial charge < -0.3 is 4.74 Å². The van der Waals surface area contributed by atoms with Crippen LogP contribution in [-0.2, 0) is 14.3 Å². The number of cyclic esters (lactones) is 2. The number of ether oxygens (including phenoxy) is 1. The minimum Gasteiger partial charge on any atom is -0.391 e. The van der Waals surface area contributed by atoms with Crippen molar-refractivity contribution in [1.82, 2.24) is 4.90 Å². The van der Waals surface area contributed by atoms with Crippen molar-refractivity contribution in [1.29, 1.82) is 0 Å². The van der Waals surface area contributed by atoms with Gasteiger partial charge in [-0.3, -0.25) is 14.5 Å². The van der Waals surface area contributed by atoms with Gasteiger partial charge in [0, 0.05) is 6.04 Å². The molecule has 66 valence electrons. The maximum Gasteiger partial charge on any atom is 0.327 e. The van der Waals surface area contributed by atoms with Crippen molar-refractivity contribution in [2.75, 3.05) is 13.1 Å². The van der Waals surface area contributed by atoms with Gasteiger partial charge in [0.2, 0.25) is 0 Å². The number of hydrogen-bond donors (Lipinski definition) is 0. The molecule has 0 spiro atoms. The minimum atomic E-state index is -0.486. The third kappa shape index (κ3) is 1.92. The van der Waals surface area contributed by atoms with Gasteiger partial charge in [-0.2, -0.15) is 0 Å². The van der Waals surface area contributed by atoms with Crippen LogP contribution < -0.4 is 0 Å². The van der Waals surface area contributed by atoms with Crippen molar-refractivity contribution in [3.8, 4) is 0 Å². The van der Waals surface area contributed by atoms with Crippen molar-refractivity contribution >= 4 is 11.9 Å². The SMILES string of the molecule is C=CC(C)N1CC(=O)OC(=O)C1. The van der Waals surface area contributed by atoms with E-state index in [1.165, 1.54) is 0 Å². The molecular formula is C8H11NO3. The van der Waals surface area contributed by atoms with Crippen LogP contribution in [0.3, 0.4) is 0 Å². The number of esters is 2. The van der Waals surface area contributed by atoms with Gasteiger partial charge in [0.05, 0.1) is 13.1 Å². The summed E-state index contributed by atoms with van der Waals surface area (Å²) in [4.78, 5) is 23.3. The molecule has 0 aromatic rings. The first-order chi connectivity index (χ1) is 5.63.